The molecule has 0 spiro atoms. The van der Waals surface area contributed by atoms with Gasteiger partial charge in [0.2, 0.25) is 5.95 Å². The summed E-state index contributed by atoms with van der Waals surface area (Å²) in [6.07, 6.45) is 2.96. The lowest BCUT2D eigenvalue weighted by Crippen LogP contribution is -2.49. The van der Waals surface area contributed by atoms with Crippen LogP contribution in [0.1, 0.15) is 35.7 Å². The Bertz CT molecular complexity index is 1160. The molecule has 10 heteroatoms. The van der Waals surface area contributed by atoms with Gasteiger partial charge < -0.3 is 10.2 Å². The number of alkyl halides is 3. The molecular formula is C23H21F3N6O. The molecule has 33 heavy (non-hydrogen) atoms. The van der Waals surface area contributed by atoms with Gasteiger partial charge in [0.25, 0.3) is 0 Å². The van der Waals surface area contributed by atoms with Crippen molar-refractivity contribution in [1.82, 2.24) is 19.9 Å². The van der Waals surface area contributed by atoms with E-state index in [1.165, 1.54) is 0 Å². The maximum Gasteiger partial charge on any atom is 0.419 e. The van der Waals surface area contributed by atoms with Crippen LogP contribution in [0.15, 0.2) is 49.1 Å². The normalized spacial score (nSPS) is 24.2. The lowest BCUT2D eigenvalue weighted by atomic mass is 9.95. The zero-order valence-corrected chi connectivity index (χ0v) is 17.7. The number of carbonyl (C=O) groups is 1. The molecule has 5 rings (SSSR count). The Balaban J connectivity index is 1.44. The summed E-state index contributed by atoms with van der Waals surface area (Å²) >= 11 is 0. The maximum atomic E-state index is 12.8. The van der Waals surface area contributed by atoms with Crippen molar-refractivity contribution in [1.29, 1.82) is 0 Å². The van der Waals surface area contributed by atoms with Gasteiger partial charge >= 0.3 is 6.18 Å². The number of benzene rings is 1. The maximum absolute atomic E-state index is 12.8. The van der Waals surface area contributed by atoms with Crippen molar-refractivity contribution in [3.63, 3.8) is 0 Å². The summed E-state index contributed by atoms with van der Waals surface area (Å²) in [5.74, 6) is 1.01. The van der Waals surface area contributed by atoms with E-state index in [1.807, 2.05) is 18.2 Å². The molecule has 1 aliphatic carbocycles. The van der Waals surface area contributed by atoms with E-state index in [0.717, 1.165) is 37.2 Å². The van der Waals surface area contributed by atoms with E-state index in [-0.39, 0.29) is 24.1 Å². The van der Waals surface area contributed by atoms with Crippen LogP contribution in [0.5, 0.6) is 0 Å². The molecule has 1 saturated carbocycles. The first kappa shape index (κ1) is 21.3. The molecule has 0 unspecified atom stereocenters. The number of fused-ring (bicyclic) bond motifs is 2. The Labute approximate surface area is 188 Å². The summed E-state index contributed by atoms with van der Waals surface area (Å²) < 4.78 is 38.4. The van der Waals surface area contributed by atoms with Crippen molar-refractivity contribution in [2.24, 2.45) is 5.92 Å². The summed E-state index contributed by atoms with van der Waals surface area (Å²) in [5.41, 5.74) is 1.10. The summed E-state index contributed by atoms with van der Waals surface area (Å²) in [6.45, 7) is 2.13. The number of hydrogen-bond acceptors (Lipinski definition) is 7. The van der Waals surface area contributed by atoms with E-state index < -0.39 is 11.7 Å². The minimum Gasteiger partial charge on any atom is -0.363 e. The Kier molecular flexibility index (Phi) is 5.22. The highest BCUT2D eigenvalue weighted by molar-refractivity contribution is 5.94. The number of rotatable bonds is 5. The molecule has 1 saturated heterocycles. The van der Waals surface area contributed by atoms with Crippen molar-refractivity contribution < 1.29 is 18.0 Å². The number of nitrogens with one attached hydrogen (secondary N) is 1. The van der Waals surface area contributed by atoms with Crippen LogP contribution in [-0.2, 0) is 6.18 Å². The second-order valence-corrected chi connectivity index (χ2v) is 8.42. The summed E-state index contributed by atoms with van der Waals surface area (Å²) in [5, 5.41) is 3.21. The topological polar surface area (TPSA) is 83.9 Å². The smallest absolute Gasteiger partial charge is 0.363 e. The molecule has 1 aliphatic heterocycles. The predicted octanol–water partition coefficient (Wildman–Crippen LogP) is 4.23. The minimum absolute atomic E-state index is 0.0431. The fourth-order valence-corrected chi connectivity index (χ4v) is 5.09. The third-order valence-electron chi connectivity index (χ3n) is 6.62. The summed E-state index contributed by atoms with van der Waals surface area (Å²) in [7, 11) is 0. The lowest BCUT2D eigenvalue weighted by molar-refractivity contribution is -0.138. The van der Waals surface area contributed by atoms with Crippen LogP contribution in [0.3, 0.4) is 0 Å². The van der Waals surface area contributed by atoms with Crippen molar-refractivity contribution in [2.45, 2.75) is 44.1 Å². The van der Waals surface area contributed by atoms with Crippen molar-refractivity contribution >= 4 is 17.9 Å². The highest BCUT2D eigenvalue weighted by Crippen LogP contribution is 2.47. The van der Waals surface area contributed by atoms with Gasteiger partial charge in [-0.05, 0) is 37.8 Å². The van der Waals surface area contributed by atoms with Crippen molar-refractivity contribution in [2.75, 3.05) is 10.2 Å². The zero-order valence-electron chi connectivity index (χ0n) is 17.7. The summed E-state index contributed by atoms with van der Waals surface area (Å²) in [4.78, 5) is 30.7. The minimum atomic E-state index is -4.48. The van der Waals surface area contributed by atoms with Crippen LogP contribution in [0.2, 0.25) is 0 Å². The number of piperidine rings is 1. The molecule has 0 radical (unpaired) electrons. The second-order valence-electron chi connectivity index (χ2n) is 8.42. The van der Waals surface area contributed by atoms with Gasteiger partial charge in [-0.25, -0.2) is 19.9 Å². The third-order valence-corrected chi connectivity index (χ3v) is 6.62. The highest BCUT2D eigenvalue weighted by Gasteiger charge is 2.50. The van der Waals surface area contributed by atoms with Crippen molar-refractivity contribution in [3.05, 3.63) is 60.2 Å². The molecule has 1 aromatic carbocycles. The quantitative estimate of drug-likeness (QED) is 0.578. The monoisotopic (exact) mass is 454 g/mol. The first-order valence-electron chi connectivity index (χ1n) is 10.7. The van der Waals surface area contributed by atoms with E-state index in [0.29, 0.717) is 22.9 Å². The molecule has 4 atom stereocenters. The van der Waals surface area contributed by atoms with Crippen LogP contribution < -0.4 is 10.2 Å². The first-order chi connectivity index (χ1) is 15.9. The Hall–Kier alpha value is -3.56. The van der Waals surface area contributed by atoms with Crippen LogP contribution >= 0.6 is 0 Å². The molecule has 0 amide bonds. The molecule has 3 aromatic rings. The summed E-state index contributed by atoms with van der Waals surface area (Å²) in [6, 6.07) is 7.53. The zero-order chi connectivity index (χ0) is 23.2. The van der Waals surface area contributed by atoms with Crippen LogP contribution in [0.25, 0.3) is 11.4 Å². The molecular weight excluding hydrogens is 433 g/mol. The van der Waals surface area contributed by atoms with Crippen molar-refractivity contribution in [3.8, 4) is 11.4 Å². The number of nitrogens with zero attached hydrogens (tertiary/aromatic N) is 5. The number of halogens is 3. The number of aldehydes is 1. The number of hydrogen-bond donors (Lipinski definition) is 1. The number of aromatic nitrogens is 4. The van der Waals surface area contributed by atoms with Crippen LogP contribution in [0.4, 0.5) is 24.8 Å². The van der Waals surface area contributed by atoms with Gasteiger partial charge in [0, 0.05) is 59.7 Å². The molecule has 2 aliphatic rings. The van der Waals surface area contributed by atoms with Crippen LogP contribution in [0, 0.1) is 5.92 Å². The third kappa shape index (κ3) is 3.79. The standard InChI is InChI=1S/C23H21F3N6O/c1-13-14-8-18(31-22-29-10-15(11-30-22)23(24,25)26)20(9-14)32(13)19-5-2-4-16(17(19)12-33)21-27-6-3-7-28-21/h2-7,10-14,18,20H,8-9H2,1H3,(H,29,30,31)/t13-,14+,18-,20+/m1/s1. The highest BCUT2D eigenvalue weighted by atomic mass is 19.4. The van der Waals surface area contributed by atoms with Gasteiger partial charge in [0.15, 0.2) is 12.1 Å². The second kappa shape index (κ2) is 8.09. The van der Waals surface area contributed by atoms with Gasteiger partial charge in [-0.15, -0.1) is 0 Å². The largest absolute Gasteiger partial charge is 0.419 e. The van der Waals surface area contributed by atoms with Crippen LogP contribution in [-0.4, -0.2) is 44.3 Å². The molecule has 2 aromatic heterocycles. The fourth-order valence-electron chi connectivity index (χ4n) is 5.09. The van der Waals surface area contributed by atoms with E-state index in [1.54, 1.807) is 18.5 Å². The van der Waals surface area contributed by atoms with E-state index >= 15 is 0 Å². The van der Waals surface area contributed by atoms with Gasteiger partial charge in [-0.2, -0.15) is 13.2 Å². The molecule has 7 nitrogen and oxygen atoms in total. The Morgan fingerprint density at radius 3 is 2.42 bits per heavy atom. The number of carbonyl (C=O) groups excluding carboxylic acids is 1. The fraction of sp³-hybridized carbons (Fsp3) is 0.348. The average molecular weight is 454 g/mol. The van der Waals surface area contributed by atoms with E-state index in [2.05, 4.69) is 37.1 Å². The molecule has 2 bridgehead atoms. The number of anilines is 2. The van der Waals surface area contributed by atoms with Gasteiger partial charge in [0.05, 0.1) is 5.56 Å². The van der Waals surface area contributed by atoms with Gasteiger partial charge in [0.1, 0.15) is 0 Å². The Morgan fingerprint density at radius 2 is 1.79 bits per heavy atom. The van der Waals surface area contributed by atoms with E-state index in [4.69, 9.17) is 0 Å². The van der Waals surface area contributed by atoms with E-state index in [9.17, 15) is 18.0 Å². The molecule has 2 fully saturated rings. The predicted molar refractivity (Wildman–Crippen MR) is 116 cm³/mol. The van der Waals surface area contributed by atoms with Gasteiger partial charge in [-0.1, -0.05) is 12.1 Å². The molecule has 1 N–H and O–H groups in total. The molecule has 3 heterocycles. The Morgan fingerprint density at radius 1 is 1.06 bits per heavy atom. The lowest BCUT2D eigenvalue weighted by Gasteiger charge is -2.40. The molecule has 170 valence electrons. The first-order valence-corrected chi connectivity index (χ1v) is 10.7. The SMILES string of the molecule is C[C@@H]1[C@H]2C[C@@H](Nc3ncc(C(F)(F)F)cn3)[C@H](C2)N1c1cccc(-c2ncccn2)c1C=O. The average Bonchev–Trinajstić information content (AvgIpc) is 3.36. The van der Waals surface area contributed by atoms with Gasteiger partial charge in [-0.3, -0.25) is 4.79 Å².